The van der Waals surface area contributed by atoms with Crippen LogP contribution in [-0.4, -0.2) is 43.3 Å². The van der Waals surface area contributed by atoms with Crippen LogP contribution in [0.25, 0.3) is 11.2 Å². The first kappa shape index (κ1) is 12.8. The van der Waals surface area contributed by atoms with Gasteiger partial charge in [0, 0.05) is 6.04 Å². The van der Waals surface area contributed by atoms with Crippen molar-refractivity contribution >= 4 is 23.0 Å². The van der Waals surface area contributed by atoms with Crippen LogP contribution in [0, 0.1) is 0 Å². The molecule has 1 aliphatic carbocycles. The molecule has 1 fully saturated rings. The van der Waals surface area contributed by atoms with Crippen molar-refractivity contribution in [1.29, 1.82) is 0 Å². The van der Waals surface area contributed by atoms with E-state index in [1.54, 1.807) is 6.33 Å². The number of aliphatic carboxylic acids is 1. The summed E-state index contributed by atoms with van der Waals surface area (Å²) in [6, 6.07) is 0.202. The van der Waals surface area contributed by atoms with Gasteiger partial charge in [-0.05, 0) is 19.3 Å². The van der Waals surface area contributed by atoms with Crippen molar-refractivity contribution in [3.05, 3.63) is 12.7 Å². The number of ether oxygens (including phenoxy) is 1. The lowest BCUT2D eigenvalue weighted by molar-refractivity contribution is -0.144. The van der Waals surface area contributed by atoms with E-state index in [9.17, 15) is 4.79 Å². The molecule has 106 valence electrons. The van der Waals surface area contributed by atoms with Crippen LogP contribution in [-0.2, 0) is 9.53 Å². The molecule has 2 heterocycles. The number of anilines is 1. The largest absolute Gasteiger partial charge is 0.480 e. The fourth-order valence-corrected chi connectivity index (χ4v) is 2.65. The summed E-state index contributed by atoms with van der Waals surface area (Å²) in [4.78, 5) is 22.9. The SMILES string of the molecule is Nc1ncnc2c1ncn2[C@H]1CC[C@@H](OCC(=O)O)C1. The van der Waals surface area contributed by atoms with Gasteiger partial charge in [0.05, 0.1) is 12.4 Å². The lowest BCUT2D eigenvalue weighted by Gasteiger charge is -2.13. The van der Waals surface area contributed by atoms with Crippen LogP contribution in [0.1, 0.15) is 25.3 Å². The van der Waals surface area contributed by atoms with E-state index in [2.05, 4.69) is 15.0 Å². The van der Waals surface area contributed by atoms with E-state index in [0.29, 0.717) is 17.0 Å². The van der Waals surface area contributed by atoms with Crippen LogP contribution < -0.4 is 5.73 Å². The zero-order valence-electron chi connectivity index (χ0n) is 10.8. The number of imidazole rings is 1. The van der Waals surface area contributed by atoms with Crippen molar-refractivity contribution in [2.45, 2.75) is 31.4 Å². The fourth-order valence-electron chi connectivity index (χ4n) is 2.65. The average molecular weight is 277 g/mol. The van der Waals surface area contributed by atoms with E-state index < -0.39 is 5.97 Å². The number of nitrogen functional groups attached to an aromatic ring is 1. The smallest absolute Gasteiger partial charge is 0.329 e. The zero-order valence-corrected chi connectivity index (χ0v) is 10.8. The Bertz CT molecular complexity index is 641. The Morgan fingerprint density at radius 2 is 2.30 bits per heavy atom. The van der Waals surface area contributed by atoms with Crippen molar-refractivity contribution in [3.63, 3.8) is 0 Å². The average Bonchev–Trinajstić information content (AvgIpc) is 3.02. The molecular weight excluding hydrogens is 262 g/mol. The highest BCUT2D eigenvalue weighted by molar-refractivity contribution is 5.81. The second-order valence-electron chi connectivity index (χ2n) is 4.88. The highest BCUT2D eigenvalue weighted by Crippen LogP contribution is 2.33. The Morgan fingerprint density at radius 3 is 3.10 bits per heavy atom. The molecule has 0 unspecified atom stereocenters. The molecule has 20 heavy (non-hydrogen) atoms. The fraction of sp³-hybridized carbons (Fsp3) is 0.500. The number of carbonyl (C=O) groups is 1. The molecule has 0 radical (unpaired) electrons. The summed E-state index contributed by atoms with van der Waals surface area (Å²) in [5.41, 5.74) is 7.07. The Morgan fingerprint density at radius 1 is 1.45 bits per heavy atom. The number of carboxylic acid groups (broad SMARTS) is 1. The second-order valence-corrected chi connectivity index (χ2v) is 4.88. The molecule has 2 aromatic rings. The van der Waals surface area contributed by atoms with E-state index in [1.165, 1.54) is 6.33 Å². The van der Waals surface area contributed by atoms with Crippen LogP contribution in [0.3, 0.4) is 0 Å². The first-order valence-electron chi connectivity index (χ1n) is 6.41. The third-order valence-electron chi connectivity index (χ3n) is 3.58. The quantitative estimate of drug-likeness (QED) is 0.840. The van der Waals surface area contributed by atoms with Crippen LogP contribution in [0.4, 0.5) is 5.82 Å². The maximum Gasteiger partial charge on any atom is 0.329 e. The van der Waals surface area contributed by atoms with Gasteiger partial charge in [-0.3, -0.25) is 0 Å². The van der Waals surface area contributed by atoms with Gasteiger partial charge in [-0.15, -0.1) is 0 Å². The monoisotopic (exact) mass is 277 g/mol. The maximum atomic E-state index is 10.5. The minimum atomic E-state index is -0.943. The molecule has 0 bridgehead atoms. The second kappa shape index (κ2) is 5.04. The molecule has 2 atom stereocenters. The topological polar surface area (TPSA) is 116 Å². The zero-order chi connectivity index (χ0) is 14.1. The molecule has 3 rings (SSSR count). The molecule has 3 N–H and O–H groups in total. The molecule has 2 aromatic heterocycles. The summed E-state index contributed by atoms with van der Waals surface area (Å²) in [6.45, 7) is -0.253. The number of hydrogen-bond donors (Lipinski definition) is 2. The lowest BCUT2D eigenvalue weighted by atomic mass is 10.2. The first-order valence-corrected chi connectivity index (χ1v) is 6.41. The summed E-state index contributed by atoms with van der Waals surface area (Å²) in [5.74, 6) is -0.576. The van der Waals surface area contributed by atoms with Crippen molar-refractivity contribution in [3.8, 4) is 0 Å². The number of rotatable bonds is 4. The Kier molecular flexibility index (Phi) is 3.23. The van der Waals surface area contributed by atoms with Gasteiger partial charge in [0.1, 0.15) is 18.5 Å². The van der Waals surface area contributed by atoms with Gasteiger partial charge in [-0.1, -0.05) is 0 Å². The van der Waals surface area contributed by atoms with E-state index in [-0.39, 0.29) is 18.8 Å². The normalized spacial score (nSPS) is 22.4. The summed E-state index contributed by atoms with van der Waals surface area (Å²) >= 11 is 0. The molecule has 0 aliphatic heterocycles. The van der Waals surface area contributed by atoms with Crippen molar-refractivity contribution < 1.29 is 14.6 Å². The van der Waals surface area contributed by atoms with Gasteiger partial charge in [-0.2, -0.15) is 0 Å². The molecule has 0 saturated heterocycles. The molecule has 1 saturated carbocycles. The maximum absolute atomic E-state index is 10.5. The Hall–Kier alpha value is -2.22. The van der Waals surface area contributed by atoms with Gasteiger partial charge in [0.25, 0.3) is 0 Å². The van der Waals surface area contributed by atoms with Crippen molar-refractivity contribution in [2.24, 2.45) is 0 Å². The molecule has 8 nitrogen and oxygen atoms in total. The van der Waals surface area contributed by atoms with Crippen LogP contribution in [0.2, 0.25) is 0 Å². The Balaban J connectivity index is 1.76. The van der Waals surface area contributed by atoms with E-state index >= 15 is 0 Å². The molecule has 0 amide bonds. The van der Waals surface area contributed by atoms with Crippen LogP contribution in [0.15, 0.2) is 12.7 Å². The van der Waals surface area contributed by atoms with Crippen molar-refractivity contribution in [1.82, 2.24) is 19.5 Å². The summed E-state index contributed by atoms with van der Waals surface area (Å²) in [7, 11) is 0. The summed E-state index contributed by atoms with van der Waals surface area (Å²) < 4.78 is 7.31. The highest BCUT2D eigenvalue weighted by atomic mass is 16.5. The van der Waals surface area contributed by atoms with E-state index in [4.69, 9.17) is 15.6 Å². The number of aromatic nitrogens is 4. The third kappa shape index (κ3) is 2.29. The number of nitrogens with zero attached hydrogens (tertiary/aromatic N) is 4. The number of fused-ring (bicyclic) bond motifs is 1. The molecule has 8 heteroatoms. The van der Waals surface area contributed by atoms with E-state index in [0.717, 1.165) is 19.3 Å². The predicted molar refractivity (Wildman–Crippen MR) is 70.0 cm³/mol. The summed E-state index contributed by atoms with van der Waals surface area (Å²) in [5, 5.41) is 8.62. The third-order valence-corrected chi connectivity index (χ3v) is 3.58. The Labute approximate surface area is 114 Å². The molecular formula is C12H15N5O3. The van der Waals surface area contributed by atoms with Crippen molar-refractivity contribution in [2.75, 3.05) is 12.3 Å². The number of nitrogens with two attached hydrogens (primary N) is 1. The predicted octanol–water partition coefficient (Wildman–Crippen LogP) is 0.603. The van der Waals surface area contributed by atoms with Crippen LogP contribution >= 0.6 is 0 Å². The van der Waals surface area contributed by atoms with Gasteiger partial charge in [-0.25, -0.2) is 19.7 Å². The van der Waals surface area contributed by atoms with Crippen LogP contribution in [0.5, 0.6) is 0 Å². The van der Waals surface area contributed by atoms with Gasteiger partial charge < -0.3 is 20.1 Å². The minimum absolute atomic E-state index is 0.0345. The highest BCUT2D eigenvalue weighted by Gasteiger charge is 2.28. The number of carboxylic acids is 1. The minimum Gasteiger partial charge on any atom is -0.480 e. The number of hydrogen-bond acceptors (Lipinski definition) is 6. The van der Waals surface area contributed by atoms with Gasteiger partial charge >= 0.3 is 5.97 Å². The lowest BCUT2D eigenvalue weighted by Crippen LogP contribution is -2.16. The molecule has 0 spiro atoms. The summed E-state index contributed by atoms with van der Waals surface area (Å²) in [6.07, 6.45) is 5.58. The molecule has 1 aliphatic rings. The first-order chi connectivity index (χ1) is 9.65. The standard InChI is InChI=1S/C12H15N5O3/c13-11-10-12(15-5-14-11)17(6-16-10)7-1-2-8(3-7)20-4-9(18)19/h5-8H,1-4H2,(H,18,19)(H2,13,14,15)/t7-,8+/m0/s1. The molecule has 0 aromatic carbocycles. The van der Waals surface area contributed by atoms with E-state index in [1.807, 2.05) is 4.57 Å². The van der Waals surface area contributed by atoms with Gasteiger partial charge in [0.2, 0.25) is 0 Å². The van der Waals surface area contributed by atoms with Gasteiger partial charge in [0.15, 0.2) is 11.5 Å².